The van der Waals surface area contributed by atoms with Crippen LogP contribution in [0.1, 0.15) is 0 Å². The normalized spacial score (nSPS) is 10.6. The van der Waals surface area contributed by atoms with Gasteiger partial charge < -0.3 is 0 Å². The van der Waals surface area contributed by atoms with Crippen molar-refractivity contribution in [2.24, 2.45) is 0 Å². The van der Waals surface area contributed by atoms with Crippen molar-refractivity contribution < 1.29 is 4.42 Å². The first-order valence-corrected chi connectivity index (χ1v) is 8.95. The molecule has 0 aliphatic carbocycles. The monoisotopic (exact) mass is 387 g/mol. The number of hydrogen-bond acceptors (Lipinski definition) is 0. The van der Waals surface area contributed by atoms with Crippen molar-refractivity contribution in [1.82, 2.24) is 0 Å². The van der Waals surface area contributed by atoms with E-state index in [1.807, 2.05) is 42.5 Å². The zero-order valence-electron chi connectivity index (χ0n) is 13.5. The highest BCUT2D eigenvalue weighted by atomic mass is 79.9. The maximum atomic E-state index is 6.30. The van der Waals surface area contributed by atoms with E-state index in [0.717, 1.165) is 38.2 Å². The molecule has 0 unspecified atom stereocenters. The minimum atomic E-state index is 0.834. The molecule has 0 bridgehead atoms. The van der Waals surface area contributed by atoms with Crippen molar-refractivity contribution in [3.05, 3.63) is 102 Å². The largest absolute Gasteiger partial charge is 0.375 e. The highest BCUT2D eigenvalue weighted by Crippen LogP contribution is 2.40. The molecule has 1 aromatic heterocycles. The van der Waals surface area contributed by atoms with Crippen molar-refractivity contribution >= 4 is 15.9 Å². The summed E-state index contributed by atoms with van der Waals surface area (Å²) in [4.78, 5) is 0. The van der Waals surface area contributed by atoms with Crippen molar-refractivity contribution in [2.75, 3.05) is 0 Å². The topological polar surface area (TPSA) is 11.3 Å². The Kier molecular flexibility index (Phi) is 4.45. The molecular formula is C23H16BrO+. The molecule has 0 atom stereocenters. The van der Waals surface area contributed by atoms with Crippen LogP contribution in [0, 0.1) is 0 Å². The predicted molar refractivity (Wildman–Crippen MR) is 107 cm³/mol. The fourth-order valence-corrected chi connectivity index (χ4v) is 3.50. The second-order valence-electron chi connectivity index (χ2n) is 5.77. The third-order valence-corrected chi connectivity index (χ3v) is 4.89. The molecule has 0 amide bonds. The van der Waals surface area contributed by atoms with Crippen LogP contribution in [0.2, 0.25) is 0 Å². The Balaban J connectivity index is 1.98. The Labute approximate surface area is 155 Å². The minimum absolute atomic E-state index is 0.834. The second-order valence-corrected chi connectivity index (χ2v) is 6.56. The van der Waals surface area contributed by atoms with Crippen molar-refractivity contribution in [2.45, 2.75) is 0 Å². The lowest BCUT2D eigenvalue weighted by atomic mass is 10.0. The zero-order valence-corrected chi connectivity index (χ0v) is 15.1. The molecule has 25 heavy (non-hydrogen) atoms. The van der Waals surface area contributed by atoms with Crippen LogP contribution in [0.15, 0.2) is 106 Å². The van der Waals surface area contributed by atoms with Gasteiger partial charge in [0.2, 0.25) is 0 Å². The molecule has 0 saturated heterocycles. The Bertz CT molecular complexity index is 920. The van der Waals surface area contributed by atoms with Gasteiger partial charge in [0.25, 0.3) is 0 Å². The van der Waals surface area contributed by atoms with E-state index in [-0.39, 0.29) is 0 Å². The number of halogens is 1. The lowest BCUT2D eigenvalue weighted by Crippen LogP contribution is -1.88. The highest BCUT2D eigenvalue weighted by molar-refractivity contribution is 9.10. The van der Waals surface area contributed by atoms with Gasteiger partial charge in [-0.3, -0.25) is 0 Å². The summed E-state index contributed by atoms with van der Waals surface area (Å²) in [5.74, 6) is 1.68. The zero-order chi connectivity index (χ0) is 17.1. The van der Waals surface area contributed by atoms with Gasteiger partial charge in [-0.05, 0) is 45.8 Å². The van der Waals surface area contributed by atoms with E-state index >= 15 is 0 Å². The van der Waals surface area contributed by atoms with Crippen molar-refractivity contribution in [3.63, 3.8) is 0 Å². The summed E-state index contributed by atoms with van der Waals surface area (Å²) >= 11 is 3.77. The molecule has 0 radical (unpaired) electrons. The number of benzene rings is 3. The summed E-state index contributed by atoms with van der Waals surface area (Å²) in [5, 5.41) is 0. The third kappa shape index (κ3) is 3.26. The molecule has 120 valence electrons. The van der Waals surface area contributed by atoms with Crippen LogP contribution in [0.4, 0.5) is 0 Å². The first kappa shape index (κ1) is 15.8. The summed E-state index contributed by atoms with van der Waals surface area (Å²) < 4.78 is 7.26. The van der Waals surface area contributed by atoms with Gasteiger partial charge in [0.05, 0.1) is 17.2 Å². The van der Waals surface area contributed by atoms with Crippen LogP contribution in [-0.4, -0.2) is 0 Å². The number of hydrogen-bond donors (Lipinski definition) is 0. The van der Waals surface area contributed by atoms with Gasteiger partial charge in [-0.2, -0.15) is 0 Å². The molecule has 0 aliphatic heterocycles. The third-order valence-electron chi connectivity index (χ3n) is 4.10. The maximum Gasteiger partial charge on any atom is 0.375 e. The van der Waals surface area contributed by atoms with Crippen molar-refractivity contribution in [3.8, 4) is 33.8 Å². The van der Waals surface area contributed by atoms with E-state index in [1.54, 1.807) is 0 Å². The molecule has 3 aromatic carbocycles. The van der Waals surface area contributed by atoms with Gasteiger partial charge >= 0.3 is 11.5 Å². The molecule has 1 heterocycles. The van der Waals surface area contributed by atoms with Gasteiger partial charge in [0, 0.05) is 5.56 Å². The first-order valence-electron chi connectivity index (χ1n) is 8.16. The Morgan fingerprint density at radius 2 is 1.04 bits per heavy atom. The molecule has 2 heteroatoms. The lowest BCUT2D eigenvalue weighted by molar-refractivity contribution is 0.579. The molecule has 0 aliphatic rings. The SMILES string of the molecule is Brc1c(-c2ccccc2)cc(-c2ccccc2)[o+]c1-c1ccccc1. The fraction of sp³-hybridized carbons (Fsp3) is 0. The number of rotatable bonds is 3. The Morgan fingerprint density at radius 1 is 0.560 bits per heavy atom. The molecule has 0 fully saturated rings. The standard InChI is InChI=1S/C23H16BrO/c24-22-20(17-10-4-1-5-11-17)16-21(18-12-6-2-7-13-18)25-23(22)19-14-8-3-9-15-19/h1-16H/q+1. The smallest absolute Gasteiger partial charge is 0.206 e. The summed E-state index contributed by atoms with van der Waals surface area (Å²) in [6.45, 7) is 0. The summed E-state index contributed by atoms with van der Waals surface area (Å²) in [5.41, 5.74) is 4.37. The molecule has 1 nitrogen and oxygen atoms in total. The molecule has 4 rings (SSSR count). The van der Waals surface area contributed by atoms with Gasteiger partial charge in [-0.1, -0.05) is 66.7 Å². The van der Waals surface area contributed by atoms with Crippen LogP contribution < -0.4 is 0 Å². The van der Waals surface area contributed by atoms with Crippen LogP contribution in [-0.2, 0) is 0 Å². The average molecular weight is 388 g/mol. The summed E-state index contributed by atoms with van der Waals surface area (Å²) in [6, 6.07) is 32.8. The van der Waals surface area contributed by atoms with Gasteiger partial charge in [-0.15, -0.1) is 0 Å². The summed E-state index contributed by atoms with van der Waals surface area (Å²) in [7, 11) is 0. The fourth-order valence-electron chi connectivity index (χ4n) is 2.85. The maximum absolute atomic E-state index is 6.30. The highest BCUT2D eigenvalue weighted by Gasteiger charge is 2.25. The predicted octanol–water partition coefficient (Wildman–Crippen LogP) is 7.32. The quantitative estimate of drug-likeness (QED) is 0.335. The van der Waals surface area contributed by atoms with E-state index < -0.39 is 0 Å². The Hall–Kier alpha value is -2.71. The lowest BCUT2D eigenvalue weighted by Gasteiger charge is -2.05. The van der Waals surface area contributed by atoms with Crippen LogP contribution in [0.3, 0.4) is 0 Å². The average Bonchev–Trinajstić information content (AvgIpc) is 2.70. The van der Waals surface area contributed by atoms with Gasteiger partial charge in [0.15, 0.2) is 0 Å². The van der Waals surface area contributed by atoms with E-state index in [4.69, 9.17) is 4.42 Å². The molecule has 0 saturated carbocycles. The van der Waals surface area contributed by atoms with Crippen LogP contribution >= 0.6 is 15.9 Å². The van der Waals surface area contributed by atoms with Crippen LogP contribution in [0.25, 0.3) is 33.8 Å². The van der Waals surface area contributed by atoms with E-state index in [9.17, 15) is 0 Å². The van der Waals surface area contributed by atoms with Crippen molar-refractivity contribution in [1.29, 1.82) is 0 Å². The van der Waals surface area contributed by atoms with Gasteiger partial charge in [0.1, 0.15) is 4.47 Å². The molecular weight excluding hydrogens is 372 g/mol. The minimum Gasteiger partial charge on any atom is -0.206 e. The molecule has 4 aromatic rings. The molecule has 0 spiro atoms. The first-order chi connectivity index (χ1) is 12.3. The Morgan fingerprint density at radius 3 is 1.60 bits per heavy atom. The van der Waals surface area contributed by atoms with E-state index in [0.29, 0.717) is 0 Å². The van der Waals surface area contributed by atoms with E-state index in [1.165, 1.54) is 0 Å². The molecule has 0 N–H and O–H groups in total. The second kappa shape index (κ2) is 7.04. The van der Waals surface area contributed by atoms with Gasteiger partial charge in [-0.25, -0.2) is 4.42 Å². The van der Waals surface area contributed by atoms with E-state index in [2.05, 4.69) is 70.5 Å². The summed E-state index contributed by atoms with van der Waals surface area (Å²) in [6.07, 6.45) is 0. The van der Waals surface area contributed by atoms with Crippen LogP contribution in [0.5, 0.6) is 0 Å².